The van der Waals surface area contributed by atoms with E-state index < -0.39 is 0 Å². The van der Waals surface area contributed by atoms with Gasteiger partial charge in [-0.15, -0.1) is 0 Å². The minimum Gasteiger partial charge on any atom is -0.497 e. The Bertz CT molecular complexity index is 551. The van der Waals surface area contributed by atoms with Crippen molar-refractivity contribution in [2.75, 3.05) is 14.2 Å². The van der Waals surface area contributed by atoms with E-state index in [-0.39, 0.29) is 0 Å². The Labute approximate surface area is 125 Å². The molecule has 0 aliphatic heterocycles. The molecule has 114 valence electrons. The van der Waals surface area contributed by atoms with Gasteiger partial charge in [-0.25, -0.2) is 0 Å². The van der Waals surface area contributed by atoms with Crippen molar-refractivity contribution in [3.05, 3.63) is 41.5 Å². The van der Waals surface area contributed by atoms with Gasteiger partial charge in [-0.3, -0.25) is 0 Å². The van der Waals surface area contributed by atoms with Gasteiger partial charge in [-0.2, -0.15) is 4.98 Å². The summed E-state index contributed by atoms with van der Waals surface area (Å²) in [5, 5.41) is 7.20. The van der Waals surface area contributed by atoms with Gasteiger partial charge < -0.3 is 14.6 Å². The molecular weight excluding hydrogens is 266 g/mol. The highest BCUT2D eigenvalue weighted by molar-refractivity contribution is 5.29. The molecule has 2 aromatic rings. The van der Waals surface area contributed by atoms with E-state index in [1.165, 1.54) is 5.56 Å². The maximum Gasteiger partial charge on any atom is 0.227 e. The molecule has 2 atom stereocenters. The second kappa shape index (κ2) is 7.22. The molecule has 0 radical (unpaired) electrons. The molecule has 21 heavy (non-hydrogen) atoms. The minimum atomic E-state index is 0.325. The van der Waals surface area contributed by atoms with Gasteiger partial charge in [0.2, 0.25) is 5.89 Å². The van der Waals surface area contributed by atoms with E-state index >= 15 is 0 Å². The molecule has 1 aromatic heterocycles. The van der Waals surface area contributed by atoms with Crippen LogP contribution in [0.5, 0.6) is 5.75 Å². The van der Waals surface area contributed by atoms with Gasteiger partial charge in [0.15, 0.2) is 5.82 Å². The van der Waals surface area contributed by atoms with Gasteiger partial charge in [0.1, 0.15) is 5.75 Å². The van der Waals surface area contributed by atoms with E-state index in [0.717, 1.165) is 24.4 Å². The van der Waals surface area contributed by atoms with E-state index in [1.54, 1.807) is 7.11 Å². The first kappa shape index (κ1) is 15.5. The van der Waals surface area contributed by atoms with Crippen molar-refractivity contribution < 1.29 is 9.26 Å². The Morgan fingerprint density at radius 2 is 1.90 bits per heavy atom. The summed E-state index contributed by atoms with van der Waals surface area (Å²) in [5.74, 6) is 2.64. The number of benzene rings is 1. The molecule has 0 saturated carbocycles. The molecule has 0 spiro atoms. The monoisotopic (exact) mass is 289 g/mol. The van der Waals surface area contributed by atoms with E-state index in [4.69, 9.17) is 9.26 Å². The molecule has 5 nitrogen and oxygen atoms in total. The van der Waals surface area contributed by atoms with Gasteiger partial charge >= 0.3 is 0 Å². The molecule has 0 aliphatic rings. The van der Waals surface area contributed by atoms with Crippen LogP contribution in [0.3, 0.4) is 0 Å². The molecule has 0 bridgehead atoms. The zero-order valence-electron chi connectivity index (χ0n) is 13.1. The number of ether oxygens (including phenoxy) is 1. The van der Waals surface area contributed by atoms with Gasteiger partial charge in [-0.1, -0.05) is 24.2 Å². The lowest BCUT2D eigenvalue weighted by Gasteiger charge is -2.09. The summed E-state index contributed by atoms with van der Waals surface area (Å²) in [6.45, 7) is 4.25. The highest BCUT2D eigenvalue weighted by Crippen LogP contribution is 2.22. The Morgan fingerprint density at radius 1 is 1.19 bits per heavy atom. The fraction of sp³-hybridized carbons (Fsp3) is 0.500. The predicted octanol–water partition coefficient (Wildman–Crippen LogP) is 2.57. The van der Waals surface area contributed by atoms with E-state index in [0.29, 0.717) is 17.9 Å². The van der Waals surface area contributed by atoms with Crippen LogP contribution in [0.15, 0.2) is 28.8 Å². The van der Waals surface area contributed by atoms with Gasteiger partial charge in [0.25, 0.3) is 0 Å². The third-order valence-electron chi connectivity index (χ3n) is 3.66. The van der Waals surface area contributed by atoms with Crippen LogP contribution in [-0.2, 0) is 12.8 Å². The fourth-order valence-corrected chi connectivity index (χ4v) is 2.14. The highest BCUT2D eigenvalue weighted by atomic mass is 16.5. The number of methoxy groups -OCH3 is 1. The average molecular weight is 289 g/mol. The van der Waals surface area contributed by atoms with E-state index in [2.05, 4.69) is 41.4 Å². The lowest BCUT2D eigenvalue weighted by atomic mass is 9.98. The second-order valence-electron chi connectivity index (χ2n) is 5.38. The van der Waals surface area contributed by atoms with Crippen molar-refractivity contribution in [2.24, 2.45) is 0 Å². The Balaban J connectivity index is 1.97. The normalized spacial score (nSPS) is 13.9. The van der Waals surface area contributed by atoms with Crippen LogP contribution in [0.25, 0.3) is 0 Å². The predicted molar refractivity (Wildman–Crippen MR) is 81.6 cm³/mol. The number of hydrogen-bond acceptors (Lipinski definition) is 5. The number of nitrogens with zero attached hydrogens (tertiary/aromatic N) is 2. The summed E-state index contributed by atoms with van der Waals surface area (Å²) in [5.41, 5.74) is 1.24. The third-order valence-corrected chi connectivity index (χ3v) is 3.66. The molecule has 0 aliphatic carbocycles. The summed E-state index contributed by atoms with van der Waals surface area (Å²) < 4.78 is 10.5. The molecule has 1 aromatic carbocycles. The first-order chi connectivity index (χ1) is 10.1. The van der Waals surface area contributed by atoms with Crippen LogP contribution < -0.4 is 10.1 Å². The Hall–Kier alpha value is -1.88. The molecule has 2 rings (SSSR count). The van der Waals surface area contributed by atoms with Crippen molar-refractivity contribution >= 4 is 0 Å². The van der Waals surface area contributed by atoms with Crippen LogP contribution in [0.4, 0.5) is 0 Å². The molecule has 5 heteroatoms. The Morgan fingerprint density at radius 3 is 2.52 bits per heavy atom. The molecular formula is C16H23N3O2. The van der Waals surface area contributed by atoms with E-state index in [9.17, 15) is 0 Å². The summed E-state index contributed by atoms with van der Waals surface area (Å²) >= 11 is 0. The molecule has 1 heterocycles. The first-order valence-corrected chi connectivity index (χ1v) is 7.25. The van der Waals surface area contributed by atoms with Gasteiger partial charge in [0, 0.05) is 18.9 Å². The standard InChI is InChI=1S/C16H23N3O2/c1-11(13-5-7-14(20-4)8-6-13)9-16-18-15(19-21-16)10-12(2)17-3/h5-8,11-12,17H,9-10H2,1-4H3. The molecule has 0 amide bonds. The van der Waals surface area contributed by atoms with Crippen molar-refractivity contribution in [3.8, 4) is 5.75 Å². The molecule has 0 saturated heterocycles. The molecule has 2 unspecified atom stereocenters. The maximum absolute atomic E-state index is 5.33. The van der Waals surface area contributed by atoms with Crippen molar-refractivity contribution in [3.63, 3.8) is 0 Å². The highest BCUT2D eigenvalue weighted by Gasteiger charge is 2.14. The smallest absolute Gasteiger partial charge is 0.227 e. The van der Waals surface area contributed by atoms with Crippen LogP contribution in [0.2, 0.25) is 0 Å². The lowest BCUT2D eigenvalue weighted by molar-refractivity contribution is 0.365. The van der Waals surface area contributed by atoms with Crippen molar-refractivity contribution in [2.45, 2.75) is 38.6 Å². The number of aromatic nitrogens is 2. The fourth-order valence-electron chi connectivity index (χ4n) is 2.14. The maximum atomic E-state index is 5.33. The molecule has 0 fully saturated rings. The van der Waals surface area contributed by atoms with Crippen LogP contribution >= 0.6 is 0 Å². The quantitative estimate of drug-likeness (QED) is 0.849. The first-order valence-electron chi connectivity index (χ1n) is 7.25. The van der Waals surface area contributed by atoms with Crippen LogP contribution in [0, 0.1) is 0 Å². The Kier molecular flexibility index (Phi) is 5.33. The number of likely N-dealkylation sites (N-methyl/N-ethyl adjacent to an activating group) is 1. The van der Waals surface area contributed by atoms with Crippen molar-refractivity contribution in [1.82, 2.24) is 15.5 Å². The third kappa shape index (κ3) is 4.29. The summed E-state index contributed by atoms with van der Waals surface area (Å²) in [7, 11) is 3.60. The number of rotatable bonds is 7. The van der Waals surface area contributed by atoms with Gasteiger partial charge in [0.05, 0.1) is 7.11 Å². The number of nitrogens with one attached hydrogen (secondary N) is 1. The summed E-state index contributed by atoms with van der Waals surface area (Å²) in [4.78, 5) is 4.45. The van der Waals surface area contributed by atoms with Crippen molar-refractivity contribution in [1.29, 1.82) is 0 Å². The van der Waals surface area contributed by atoms with Gasteiger partial charge in [-0.05, 0) is 37.6 Å². The van der Waals surface area contributed by atoms with E-state index in [1.807, 2.05) is 19.2 Å². The van der Waals surface area contributed by atoms with Crippen LogP contribution in [0.1, 0.15) is 37.0 Å². The average Bonchev–Trinajstić information content (AvgIpc) is 2.94. The molecule has 1 N–H and O–H groups in total. The topological polar surface area (TPSA) is 60.2 Å². The zero-order valence-corrected chi connectivity index (χ0v) is 13.1. The lowest BCUT2D eigenvalue weighted by Crippen LogP contribution is -2.24. The second-order valence-corrected chi connectivity index (χ2v) is 5.38. The largest absolute Gasteiger partial charge is 0.497 e. The SMILES string of the molecule is CNC(C)Cc1noc(CC(C)c2ccc(OC)cc2)n1. The van der Waals surface area contributed by atoms with Crippen LogP contribution in [-0.4, -0.2) is 30.3 Å². The minimum absolute atomic E-state index is 0.325. The summed E-state index contributed by atoms with van der Waals surface area (Å²) in [6.07, 6.45) is 1.52. The zero-order chi connectivity index (χ0) is 15.2. The summed E-state index contributed by atoms with van der Waals surface area (Å²) in [6, 6.07) is 8.43. The number of hydrogen-bond donors (Lipinski definition) is 1.